The van der Waals surface area contributed by atoms with Crippen molar-refractivity contribution in [3.05, 3.63) is 0 Å². The highest BCUT2D eigenvalue weighted by atomic mass is 32.2. The molecule has 0 aliphatic carbocycles. The lowest BCUT2D eigenvalue weighted by Gasteiger charge is -2.19. The first-order chi connectivity index (χ1) is 8.32. The monoisotopic (exact) mass is 276 g/mol. The Morgan fingerprint density at radius 3 is 2.28 bits per heavy atom. The quantitative estimate of drug-likeness (QED) is 0.667. The predicted molar refractivity (Wildman–Crippen MR) is 78.1 cm³/mol. The van der Waals surface area contributed by atoms with E-state index in [4.69, 9.17) is 0 Å². The zero-order chi connectivity index (χ0) is 14.1. The highest BCUT2D eigenvalue weighted by Crippen LogP contribution is 1.98. The fourth-order valence-electron chi connectivity index (χ4n) is 1.57. The summed E-state index contributed by atoms with van der Waals surface area (Å²) < 4.78 is 11.0. The van der Waals surface area contributed by atoms with Crippen molar-refractivity contribution in [1.82, 2.24) is 10.6 Å². The van der Waals surface area contributed by atoms with Gasteiger partial charge in [-0.05, 0) is 32.6 Å². The Morgan fingerprint density at radius 2 is 1.78 bits per heavy atom. The second-order valence-corrected chi connectivity index (χ2v) is 6.88. The molecule has 2 N–H and O–H groups in total. The molecule has 0 aromatic carbocycles. The zero-order valence-corrected chi connectivity index (χ0v) is 13.1. The summed E-state index contributed by atoms with van der Waals surface area (Å²) in [5.41, 5.74) is 0. The van der Waals surface area contributed by atoms with Crippen molar-refractivity contribution in [1.29, 1.82) is 0 Å². The van der Waals surface area contributed by atoms with E-state index in [1.165, 1.54) is 0 Å². The Hall–Kier alpha value is -0.420. The summed E-state index contributed by atoms with van der Waals surface area (Å²) in [7, 11) is -0.762. The van der Waals surface area contributed by atoms with Crippen molar-refractivity contribution in [3.8, 4) is 0 Å². The molecule has 5 heteroatoms. The molecule has 0 spiro atoms. The van der Waals surface area contributed by atoms with Gasteiger partial charge in [-0.2, -0.15) is 0 Å². The summed E-state index contributed by atoms with van der Waals surface area (Å²) >= 11 is 0. The summed E-state index contributed by atoms with van der Waals surface area (Å²) in [4.78, 5) is 11.8. The van der Waals surface area contributed by atoms with Crippen LogP contribution in [0, 0.1) is 5.92 Å². The lowest BCUT2D eigenvalue weighted by Crippen LogP contribution is -2.46. The van der Waals surface area contributed by atoms with Gasteiger partial charge in [-0.25, -0.2) is 0 Å². The van der Waals surface area contributed by atoms with Crippen LogP contribution in [0.4, 0.5) is 0 Å². The summed E-state index contributed by atoms with van der Waals surface area (Å²) in [6.45, 7) is 8.90. The van der Waals surface area contributed by atoms with Gasteiger partial charge in [-0.1, -0.05) is 13.8 Å². The third kappa shape index (κ3) is 9.59. The third-order valence-corrected chi connectivity index (χ3v) is 3.60. The van der Waals surface area contributed by atoms with Crippen LogP contribution in [0.3, 0.4) is 0 Å². The van der Waals surface area contributed by atoms with E-state index in [0.717, 1.165) is 19.4 Å². The lowest BCUT2D eigenvalue weighted by molar-refractivity contribution is -0.122. The Bertz CT molecular complexity index is 270. The van der Waals surface area contributed by atoms with Gasteiger partial charge >= 0.3 is 0 Å². The van der Waals surface area contributed by atoms with E-state index in [1.54, 1.807) is 6.26 Å². The van der Waals surface area contributed by atoms with Gasteiger partial charge in [0.05, 0.1) is 6.04 Å². The largest absolute Gasteiger partial charge is 0.355 e. The molecule has 1 amide bonds. The maximum Gasteiger partial charge on any atom is 0.236 e. The SMILES string of the molecule is CC(C)CCNC(=O)C(C)NC(C)CCS(C)=O. The van der Waals surface area contributed by atoms with E-state index < -0.39 is 10.8 Å². The lowest BCUT2D eigenvalue weighted by atomic mass is 10.1. The highest BCUT2D eigenvalue weighted by Gasteiger charge is 2.14. The van der Waals surface area contributed by atoms with E-state index in [-0.39, 0.29) is 18.0 Å². The van der Waals surface area contributed by atoms with Gasteiger partial charge in [-0.15, -0.1) is 0 Å². The average Bonchev–Trinajstić information content (AvgIpc) is 2.25. The number of hydrogen-bond donors (Lipinski definition) is 2. The van der Waals surface area contributed by atoms with E-state index in [9.17, 15) is 9.00 Å². The predicted octanol–water partition coefficient (Wildman–Crippen LogP) is 1.28. The van der Waals surface area contributed by atoms with Crippen LogP contribution in [0.5, 0.6) is 0 Å². The van der Waals surface area contributed by atoms with Crippen LogP contribution in [0.25, 0.3) is 0 Å². The molecular weight excluding hydrogens is 248 g/mol. The Labute approximate surface area is 114 Å². The summed E-state index contributed by atoms with van der Waals surface area (Å²) in [5.74, 6) is 1.32. The Morgan fingerprint density at radius 1 is 1.17 bits per heavy atom. The second kappa shape index (κ2) is 9.50. The first-order valence-corrected chi connectivity index (χ1v) is 8.39. The summed E-state index contributed by atoms with van der Waals surface area (Å²) in [6, 6.07) is 0.0113. The molecule has 0 aromatic heterocycles. The van der Waals surface area contributed by atoms with Crippen LogP contribution in [-0.2, 0) is 15.6 Å². The number of nitrogens with one attached hydrogen (secondary N) is 2. The molecule has 0 fully saturated rings. The Balaban J connectivity index is 3.81. The molecule has 3 unspecified atom stereocenters. The molecule has 0 saturated carbocycles. The molecular formula is C13H28N2O2S. The van der Waals surface area contributed by atoms with Gasteiger partial charge in [-0.3, -0.25) is 9.00 Å². The first kappa shape index (κ1) is 17.6. The average molecular weight is 276 g/mol. The summed E-state index contributed by atoms with van der Waals surface area (Å²) in [6.07, 6.45) is 3.53. The molecule has 3 atom stereocenters. The maximum absolute atomic E-state index is 11.8. The van der Waals surface area contributed by atoms with Crippen LogP contribution in [0.15, 0.2) is 0 Å². The van der Waals surface area contributed by atoms with Gasteiger partial charge in [0.2, 0.25) is 5.91 Å². The molecule has 0 radical (unpaired) electrons. The van der Waals surface area contributed by atoms with Crippen LogP contribution in [0.1, 0.15) is 40.5 Å². The fraction of sp³-hybridized carbons (Fsp3) is 0.923. The minimum atomic E-state index is -0.762. The molecule has 108 valence electrons. The molecule has 4 nitrogen and oxygen atoms in total. The Kier molecular flexibility index (Phi) is 9.28. The first-order valence-electron chi connectivity index (χ1n) is 6.66. The second-order valence-electron chi connectivity index (χ2n) is 5.33. The van der Waals surface area contributed by atoms with E-state index in [2.05, 4.69) is 24.5 Å². The van der Waals surface area contributed by atoms with Crippen molar-refractivity contribution >= 4 is 16.7 Å². The normalized spacial score (nSPS) is 16.3. The maximum atomic E-state index is 11.8. The van der Waals surface area contributed by atoms with Crippen molar-refractivity contribution in [3.63, 3.8) is 0 Å². The van der Waals surface area contributed by atoms with E-state index in [1.807, 2.05) is 13.8 Å². The number of carbonyl (C=O) groups is 1. The van der Waals surface area contributed by atoms with Gasteiger partial charge in [0.25, 0.3) is 0 Å². The number of amides is 1. The molecule has 0 aliphatic rings. The van der Waals surface area contributed by atoms with E-state index in [0.29, 0.717) is 11.7 Å². The van der Waals surface area contributed by atoms with Gasteiger partial charge < -0.3 is 10.6 Å². The number of carbonyl (C=O) groups excluding carboxylic acids is 1. The molecule has 0 saturated heterocycles. The summed E-state index contributed by atoms with van der Waals surface area (Å²) in [5, 5.41) is 6.15. The van der Waals surface area contributed by atoms with Gasteiger partial charge in [0.15, 0.2) is 0 Å². The smallest absolute Gasteiger partial charge is 0.236 e. The molecule has 0 heterocycles. The van der Waals surface area contributed by atoms with Crippen LogP contribution in [-0.4, -0.2) is 40.8 Å². The highest BCUT2D eigenvalue weighted by molar-refractivity contribution is 7.84. The van der Waals surface area contributed by atoms with Crippen molar-refractivity contribution in [2.75, 3.05) is 18.6 Å². The standard InChI is InChI=1S/C13H28N2O2S/c1-10(2)6-8-14-13(16)12(4)15-11(3)7-9-18(5)17/h10-12,15H,6-9H2,1-5H3,(H,14,16). The topological polar surface area (TPSA) is 58.2 Å². The van der Waals surface area contributed by atoms with Crippen molar-refractivity contribution in [2.45, 2.75) is 52.6 Å². The molecule has 0 aliphatic heterocycles. The minimum Gasteiger partial charge on any atom is -0.355 e. The van der Waals surface area contributed by atoms with Gasteiger partial charge in [0, 0.05) is 35.4 Å². The van der Waals surface area contributed by atoms with Gasteiger partial charge in [0.1, 0.15) is 0 Å². The van der Waals surface area contributed by atoms with E-state index >= 15 is 0 Å². The molecule has 0 rings (SSSR count). The van der Waals surface area contributed by atoms with Crippen molar-refractivity contribution < 1.29 is 9.00 Å². The molecule has 18 heavy (non-hydrogen) atoms. The zero-order valence-electron chi connectivity index (χ0n) is 12.3. The fourth-order valence-corrected chi connectivity index (χ4v) is 2.25. The van der Waals surface area contributed by atoms with Crippen LogP contribution < -0.4 is 10.6 Å². The minimum absolute atomic E-state index is 0.0418. The van der Waals surface area contributed by atoms with Crippen molar-refractivity contribution in [2.24, 2.45) is 5.92 Å². The van der Waals surface area contributed by atoms with Crippen LogP contribution in [0.2, 0.25) is 0 Å². The number of hydrogen-bond acceptors (Lipinski definition) is 3. The van der Waals surface area contributed by atoms with Crippen LogP contribution >= 0.6 is 0 Å². The molecule has 0 aromatic rings. The third-order valence-electron chi connectivity index (χ3n) is 2.79. The molecule has 0 bridgehead atoms. The number of rotatable bonds is 9.